The van der Waals surface area contributed by atoms with E-state index in [9.17, 15) is 0 Å². The largest absolute Gasteiger partial charge is 0.370 e. The molecule has 5 heteroatoms. The van der Waals surface area contributed by atoms with E-state index in [1.807, 2.05) is 36.4 Å². The number of aryl methyl sites for hydroxylation is 1. The average Bonchev–Trinajstić information content (AvgIpc) is 2.83. The van der Waals surface area contributed by atoms with Gasteiger partial charge in [-0.15, -0.1) is 0 Å². The van der Waals surface area contributed by atoms with Crippen molar-refractivity contribution >= 4 is 5.82 Å². The second kappa shape index (κ2) is 7.05. The van der Waals surface area contributed by atoms with Crippen molar-refractivity contribution in [2.45, 2.75) is 26.4 Å². The first-order valence-corrected chi connectivity index (χ1v) is 7.02. The molecule has 0 aliphatic carbocycles. The number of rotatable bonds is 7. The van der Waals surface area contributed by atoms with Gasteiger partial charge in [-0.2, -0.15) is 5.10 Å². The Hall–Kier alpha value is -1.88. The molecule has 2 rings (SSSR count). The summed E-state index contributed by atoms with van der Waals surface area (Å²) in [5, 5.41) is 7.47. The van der Waals surface area contributed by atoms with Gasteiger partial charge >= 0.3 is 0 Å². The van der Waals surface area contributed by atoms with Crippen molar-refractivity contribution in [2.24, 2.45) is 7.05 Å². The molecule has 0 aliphatic heterocycles. The number of hydrogen-bond donors (Lipinski definition) is 1. The minimum atomic E-state index is 0.885. The van der Waals surface area contributed by atoms with E-state index in [0.29, 0.717) is 0 Å². The Morgan fingerprint density at radius 1 is 1.20 bits per heavy atom. The standard InChI is InChI=1S/C15H23N5/c1-4-7-16-15-6-5-13(8-17-15)10-19(2)11-14-9-18-20(3)12-14/h5-6,8-9,12H,4,7,10-11H2,1-3H3,(H,16,17). The molecule has 0 bridgehead atoms. The van der Waals surface area contributed by atoms with Crippen LogP contribution in [0.2, 0.25) is 0 Å². The average molecular weight is 273 g/mol. The third-order valence-electron chi connectivity index (χ3n) is 3.04. The summed E-state index contributed by atoms with van der Waals surface area (Å²) in [4.78, 5) is 6.68. The summed E-state index contributed by atoms with van der Waals surface area (Å²) in [5.74, 6) is 0.950. The van der Waals surface area contributed by atoms with Crippen LogP contribution in [0, 0.1) is 0 Å². The lowest BCUT2D eigenvalue weighted by atomic mass is 10.2. The highest BCUT2D eigenvalue weighted by Gasteiger charge is 2.04. The number of pyridine rings is 1. The molecule has 2 aromatic rings. The summed E-state index contributed by atoms with van der Waals surface area (Å²) < 4.78 is 1.83. The van der Waals surface area contributed by atoms with Crippen LogP contribution in [0.25, 0.3) is 0 Å². The zero-order valence-corrected chi connectivity index (χ0v) is 12.5. The molecule has 0 saturated heterocycles. The summed E-state index contributed by atoms with van der Waals surface area (Å²) >= 11 is 0. The van der Waals surface area contributed by atoms with Crippen molar-refractivity contribution in [3.8, 4) is 0 Å². The Balaban J connectivity index is 1.85. The van der Waals surface area contributed by atoms with E-state index in [-0.39, 0.29) is 0 Å². The SMILES string of the molecule is CCCNc1ccc(CN(C)Cc2cnn(C)c2)cn1. The molecule has 20 heavy (non-hydrogen) atoms. The van der Waals surface area contributed by atoms with Crippen LogP contribution in [0.4, 0.5) is 5.82 Å². The quantitative estimate of drug-likeness (QED) is 0.840. The first kappa shape index (κ1) is 14.5. The van der Waals surface area contributed by atoms with Crippen molar-refractivity contribution in [1.29, 1.82) is 0 Å². The number of anilines is 1. The monoisotopic (exact) mass is 273 g/mol. The maximum atomic E-state index is 4.43. The first-order chi connectivity index (χ1) is 9.67. The normalized spacial score (nSPS) is 11.0. The maximum Gasteiger partial charge on any atom is 0.125 e. The predicted octanol–water partition coefficient (Wildman–Crippen LogP) is 2.27. The van der Waals surface area contributed by atoms with Crippen LogP contribution in [-0.4, -0.2) is 33.3 Å². The molecule has 0 unspecified atom stereocenters. The highest BCUT2D eigenvalue weighted by molar-refractivity contribution is 5.35. The summed E-state index contributed by atoms with van der Waals surface area (Å²) in [6.45, 7) is 4.89. The van der Waals surface area contributed by atoms with Crippen LogP contribution >= 0.6 is 0 Å². The van der Waals surface area contributed by atoms with Crippen LogP contribution in [-0.2, 0) is 20.1 Å². The number of nitrogens with one attached hydrogen (secondary N) is 1. The minimum Gasteiger partial charge on any atom is -0.370 e. The second-order valence-electron chi connectivity index (χ2n) is 5.17. The van der Waals surface area contributed by atoms with E-state index in [2.05, 4.69) is 40.3 Å². The van der Waals surface area contributed by atoms with E-state index in [1.165, 1.54) is 11.1 Å². The van der Waals surface area contributed by atoms with Gasteiger partial charge in [0.25, 0.3) is 0 Å². The fourth-order valence-corrected chi connectivity index (χ4v) is 2.11. The Morgan fingerprint density at radius 2 is 2.00 bits per heavy atom. The van der Waals surface area contributed by atoms with Crippen LogP contribution in [0.1, 0.15) is 24.5 Å². The Morgan fingerprint density at radius 3 is 2.60 bits per heavy atom. The van der Waals surface area contributed by atoms with Crippen LogP contribution in [0.5, 0.6) is 0 Å². The molecular weight excluding hydrogens is 250 g/mol. The molecule has 0 atom stereocenters. The molecule has 0 amide bonds. The fourth-order valence-electron chi connectivity index (χ4n) is 2.11. The fraction of sp³-hybridized carbons (Fsp3) is 0.467. The Bertz CT molecular complexity index is 517. The highest BCUT2D eigenvalue weighted by atomic mass is 15.2. The zero-order chi connectivity index (χ0) is 14.4. The van der Waals surface area contributed by atoms with Gasteiger partial charge in [0.05, 0.1) is 6.20 Å². The molecule has 108 valence electrons. The van der Waals surface area contributed by atoms with Crippen LogP contribution < -0.4 is 5.32 Å². The van der Waals surface area contributed by atoms with Gasteiger partial charge in [-0.3, -0.25) is 9.58 Å². The molecular formula is C15H23N5. The van der Waals surface area contributed by atoms with E-state index < -0.39 is 0 Å². The third kappa shape index (κ3) is 4.35. The summed E-state index contributed by atoms with van der Waals surface area (Å²) in [7, 11) is 4.05. The van der Waals surface area contributed by atoms with Gasteiger partial charge in [0, 0.05) is 44.6 Å². The molecule has 2 heterocycles. The first-order valence-electron chi connectivity index (χ1n) is 7.02. The van der Waals surface area contributed by atoms with E-state index >= 15 is 0 Å². The highest BCUT2D eigenvalue weighted by Crippen LogP contribution is 2.09. The molecule has 1 N–H and O–H groups in total. The van der Waals surface area contributed by atoms with Gasteiger partial charge < -0.3 is 5.32 Å². The summed E-state index contributed by atoms with van der Waals surface area (Å²) in [5.41, 5.74) is 2.45. The van der Waals surface area contributed by atoms with Crippen molar-refractivity contribution in [1.82, 2.24) is 19.7 Å². The van der Waals surface area contributed by atoms with Crippen LogP contribution in [0.3, 0.4) is 0 Å². The number of aromatic nitrogens is 3. The molecule has 2 aromatic heterocycles. The number of nitrogens with zero attached hydrogens (tertiary/aromatic N) is 4. The van der Waals surface area contributed by atoms with Crippen molar-refractivity contribution in [3.63, 3.8) is 0 Å². The predicted molar refractivity (Wildman–Crippen MR) is 81.4 cm³/mol. The van der Waals surface area contributed by atoms with E-state index in [1.54, 1.807) is 0 Å². The van der Waals surface area contributed by atoms with Gasteiger partial charge in [0.1, 0.15) is 5.82 Å². The molecule has 0 radical (unpaired) electrons. The molecule has 0 aromatic carbocycles. The van der Waals surface area contributed by atoms with Gasteiger partial charge in [-0.25, -0.2) is 4.98 Å². The Labute approximate surface area is 120 Å². The van der Waals surface area contributed by atoms with Crippen LogP contribution in [0.15, 0.2) is 30.7 Å². The van der Waals surface area contributed by atoms with Crippen molar-refractivity contribution in [2.75, 3.05) is 18.9 Å². The van der Waals surface area contributed by atoms with E-state index in [0.717, 1.165) is 31.9 Å². The van der Waals surface area contributed by atoms with Gasteiger partial charge in [-0.05, 0) is 25.1 Å². The minimum absolute atomic E-state index is 0.885. The summed E-state index contributed by atoms with van der Waals surface area (Å²) in [6.07, 6.45) is 7.01. The molecule has 5 nitrogen and oxygen atoms in total. The molecule has 0 saturated carbocycles. The lowest BCUT2D eigenvalue weighted by Gasteiger charge is -2.15. The topological polar surface area (TPSA) is 46.0 Å². The molecule has 0 fully saturated rings. The molecule has 0 spiro atoms. The van der Waals surface area contributed by atoms with E-state index in [4.69, 9.17) is 0 Å². The second-order valence-corrected chi connectivity index (χ2v) is 5.17. The lowest BCUT2D eigenvalue weighted by molar-refractivity contribution is 0.318. The lowest BCUT2D eigenvalue weighted by Crippen LogP contribution is -2.17. The third-order valence-corrected chi connectivity index (χ3v) is 3.04. The smallest absolute Gasteiger partial charge is 0.125 e. The molecule has 0 aliphatic rings. The Kier molecular flexibility index (Phi) is 5.12. The van der Waals surface area contributed by atoms with Crippen molar-refractivity contribution < 1.29 is 0 Å². The summed E-state index contributed by atoms with van der Waals surface area (Å²) in [6, 6.07) is 4.17. The maximum absolute atomic E-state index is 4.43. The van der Waals surface area contributed by atoms with Gasteiger partial charge in [0.2, 0.25) is 0 Å². The van der Waals surface area contributed by atoms with Gasteiger partial charge in [-0.1, -0.05) is 13.0 Å². The van der Waals surface area contributed by atoms with Crippen molar-refractivity contribution in [3.05, 3.63) is 41.9 Å². The van der Waals surface area contributed by atoms with Gasteiger partial charge in [0.15, 0.2) is 0 Å². The zero-order valence-electron chi connectivity index (χ0n) is 12.5. The number of hydrogen-bond acceptors (Lipinski definition) is 4.